The second-order valence-electron chi connectivity index (χ2n) is 8.53. The van der Waals surface area contributed by atoms with Crippen LogP contribution in [-0.4, -0.2) is 30.0 Å². The van der Waals surface area contributed by atoms with Gasteiger partial charge in [0.25, 0.3) is 0 Å². The summed E-state index contributed by atoms with van der Waals surface area (Å²) in [7, 11) is 0. The van der Waals surface area contributed by atoms with Gasteiger partial charge in [0.15, 0.2) is 0 Å². The summed E-state index contributed by atoms with van der Waals surface area (Å²) in [5.74, 6) is -0.610. The minimum Gasteiger partial charge on any atom is -0.461 e. The van der Waals surface area contributed by atoms with Crippen LogP contribution in [0.4, 0.5) is 0 Å². The number of rotatable bonds is 19. The van der Waals surface area contributed by atoms with Crippen LogP contribution in [0, 0.1) is 5.92 Å². The third-order valence-corrected chi connectivity index (χ3v) is 6.14. The highest BCUT2D eigenvalue weighted by Crippen LogP contribution is 2.32. The Labute approximate surface area is 183 Å². The Balaban J connectivity index is 2.28. The fourth-order valence-electron chi connectivity index (χ4n) is 4.09. The molecule has 3 atom stereocenters. The summed E-state index contributed by atoms with van der Waals surface area (Å²) in [5, 5.41) is 0. The fraction of sp³-hybridized carbons (Fsp3) is 0.917. The molecule has 0 bridgehead atoms. The van der Waals surface area contributed by atoms with Crippen molar-refractivity contribution in [2.24, 2.45) is 5.92 Å². The first-order valence-corrected chi connectivity index (χ1v) is 12.6. The summed E-state index contributed by atoms with van der Waals surface area (Å²) in [6, 6.07) is 0. The van der Waals surface area contributed by atoms with E-state index in [0.29, 0.717) is 6.42 Å². The maximum absolute atomic E-state index is 11.8. The number of cyclic esters (lactones) is 1. The summed E-state index contributed by atoms with van der Waals surface area (Å²) < 4.78 is 10.9. The number of carbonyl (C=O) groups excluding carboxylic acids is 2. The molecule has 4 nitrogen and oxygen atoms in total. The highest BCUT2D eigenvalue weighted by molar-refractivity contribution is 6.26. The maximum atomic E-state index is 11.8. The van der Waals surface area contributed by atoms with Crippen LogP contribution >= 0.6 is 11.6 Å². The average molecular weight is 431 g/mol. The van der Waals surface area contributed by atoms with Crippen molar-refractivity contribution in [2.45, 2.75) is 129 Å². The van der Waals surface area contributed by atoms with Gasteiger partial charge < -0.3 is 9.47 Å². The van der Waals surface area contributed by atoms with E-state index in [1.54, 1.807) is 0 Å². The Morgan fingerprint density at radius 1 is 0.931 bits per heavy atom. The average Bonchev–Trinajstić information content (AvgIpc) is 2.71. The molecular formula is C24H43ClO4. The third-order valence-electron chi connectivity index (χ3n) is 5.92. The van der Waals surface area contributed by atoms with Crippen molar-refractivity contribution in [2.75, 3.05) is 5.88 Å². The van der Waals surface area contributed by atoms with E-state index in [0.717, 1.165) is 38.5 Å². The molecule has 0 spiro atoms. The molecule has 0 amide bonds. The number of carbonyl (C=O) groups is 2. The lowest BCUT2D eigenvalue weighted by atomic mass is 9.86. The van der Waals surface area contributed by atoms with E-state index in [2.05, 4.69) is 13.8 Å². The summed E-state index contributed by atoms with van der Waals surface area (Å²) in [6.07, 6.45) is 18.0. The number of hydrogen-bond acceptors (Lipinski definition) is 4. The number of halogens is 1. The molecule has 0 aromatic heterocycles. The highest BCUT2D eigenvalue weighted by atomic mass is 35.5. The van der Waals surface area contributed by atoms with Gasteiger partial charge in [0.05, 0.1) is 5.92 Å². The minimum atomic E-state index is -0.377. The largest absolute Gasteiger partial charge is 0.461 e. The van der Waals surface area contributed by atoms with Gasteiger partial charge in [-0.25, -0.2) is 0 Å². The maximum Gasteiger partial charge on any atom is 0.321 e. The van der Waals surface area contributed by atoms with Crippen molar-refractivity contribution in [3.8, 4) is 0 Å². The molecule has 1 saturated heterocycles. The van der Waals surface area contributed by atoms with Crippen LogP contribution in [0.2, 0.25) is 0 Å². The number of alkyl halides is 1. The van der Waals surface area contributed by atoms with Gasteiger partial charge >= 0.3 is 11.9 Å². The molecule has 1 fully saturated rings. The summed E-state index contributed by atoms with van der Waals surface area (Å²) >= 11 is 5.63. The van der Waals surface area contributed by atoms with Crippen LogP contribution in [-0.2, 0) is 19.1 Å². The van der Waals surface area contributed by atoms with Gasteiger partial charge in [-0.15, -0.1) is 11.6 Å². The zero-order valence-corrected chi connectivity index (χ0v) is 19.5. The molecule has 0 aromatic rings. The second-order valence-corrected chi connectivity index (χ2v) is 8.80. The molecule has 0 N–H and O–H groups in total. The Morgan fingerprint density at radius 3 is 2.03 bits per heavy atom. The quantitative estimate of drug-likeness (QED) is 0.126. The first-order chi connectivity index (χ1) is 14.1. The molecule has 1 rings (SSSR count). The summed E-state index contributed by atoms with van der Waals surface area (Å²) in [5.41, 5.74) is 0. The van der Waals surface area contributed by atoms with E-state index in [4.69, 9.17) is 21.1 Å². The van der Waals surface area contributed by atoms with Crippen LogP contribution in [0.5, 0.6) is 0 Å². The number of esters is 2. The van der Waals surface area contributed by atoms with E-state index in [1.807, 2.05) is 0 Å². The lowest BCUT2D eigenvalue weighted by Crippen LogP contribution is -2.47. The van der Waals surface area contributed by atoms with Crippen molar-refractivity contribution in [1.29, 1.82) is 0 Å². The molecule has 0 radical (unpaired) electrons. The normalized spacial score (nSPS) is 19.5. The van der Waals surface area contributed by atoms with E-state index in [1.165, 1.54) is 57.8 Å². The van der Waals surface area contributed by atoms with E-state index >= 15 is 0 Å². The van der Waals surface area contributed by atoms with Crippen molar-refractivity contribution in [3.05, 3.63) is 0 Å². The Morgan fingerprint density at radius 2 is 1.48 bits per heavy atom. The van der Waals surface area contributed by atoms with Crippen molar-refractivity contribution >= 4 is 23.5 Å². The Kier molecular flexibility index (Phi) is 15.4. The van der Waals surface area contributed by atoms with Gasteiger partial charge in [0.2, 0.25) is 0 Å². The Bertz CT molecular complexity index is 441. The monoisotopic (exact) mass is 430 g/mol. The molecule has 5 heteroatoms. The van der Waals surface area contributed by atoms with Crippen LogP contribution in [0.15, 0.2) is 0 Å². The first-order valence-electron chi connectivity index (χ1n) is 12.1. The van der Waals surface area contributed by atoms with Crippen molar-refractivity contribution in [3.63, 3.8) is 0 Å². The van der Waals surface area contributed by atoms with Crippen molar-refractivity contribution < 1.29 is 19.1 Å². The predicted octanol–water partition coefficient (Wildman–Crippen LogP) is 6.96. The van der Waals surface area contributed by atoms with E-state index in [-0.39, 0.29) is 35.9 Å². The number of ether oxygens (including phenoxy) is 2. The first kappa shape index (κ1) is 26.3. The van der Waals surface area contributed by atoms with Crippen molar-refractivity contribution in [1.82, 2.24) is 0 Å². The zero-order chi connectivity index (χ0) is 21.3. The molecule has 1 heterocycles. The summed E-state index contributed by atoms with van der Waals surface area (Å²) in [4.78, 5) is 23.5. The molecule has 0 saturated carbocycles. The van der Waals surface area contributed by atoms with E-state index < -0.39 is 0 Å². The molecule has 0 aliphatic carbocycles. The predicted molar refractivity (Wildman–Crippen MR) is 119 cm³/mol. The number of hydrogen-bond donors (Lipinski definition) is 0. The molecule has 0 unspecified atom stereocenters. The molecule has 0 aromatic carbocycles. The van der Waals surface area contributed by atoms with Gasteiger partial charge in [-0.3, -0.25) is 9.59 Å². The van der Waals surface area contributed by atoms with Gasteiger partial charge in [-0.05, 0) is 19.3 Å². The minimum absolute atomic E-state index is 0.0211. The van der Waals surface area contributed by atoms with Crippen LogP contribution in [0.3, 0.4) is 0 Å². The molecule has 1 aliphatic heterocycles. The standard InChI is InChI=1S/C24H43ClO4/c1-3-5-7-9-10-11-12-13-14-16-20(28-23(26)19-25)18-22-21(24(27)29-22)17-15-8-6-4-2/h20-22H,3-19H2,1-2H3/t20-,21-,22-/m0/s1. The Hall–Kier alpha value is -0.770. The van der Waals surface area contributed by atoms with Crippen LogP contribution in [0.25, 0.3) is 0 Å². The molecular weight excluding hydrogens is 388 g/mol. The SMILES string of the molecule is CCCCCCCCCCC[C@@H](C[C@@H]1OC(=O)[C@H]1CCCCCC)OC(=O)CCl. The van der Waals surface area contributed by atoms with Gasteiger partial charge in [0, 0.05) is 6.42 Å². The number of unbranched alkanes of at least 4 members (excludes halogenated alkanes) is 11. The molecule has 29 heavy (non-hydrogen) atoms. The summed E-state index contributed by atoms with van der Waals surface area (Å²) in [6.45, 7) is 4.43. The molecule has 1 aliphatic rings. The van der Waals surface area contributed by atoms with Crippen LogP contribution in [0.1, 0.15) is 117 Å². The lowest BCUT2D eigenvalue weighted by molar-refractivity contribution is -0.190. The van der Waals surface area contributed by atoms with Gasteiger partial charge in [-0.2, -0.15) is 0 Å². The van der Waals surface area contributed by atoms with Gasteiger partial charge in [0.1, 0.15) is 18.1 Å². The smallest absolute Gasteiger partial charge is 0.321 e. The highest BCUT2D eigenvalue weighted by Gasteiger charge is 2.43. The van der Waals surface area contributed by atoms with Gasteiger partial charge in [-0.1, -0.05) is 90.9 Å². The second kappa shape index (κ2) is 17.0. The molecule has 170 valence electrons. The third kappa shape index (κ3) is 11.9. The fourth-order valence-corrected chi connectivity index (χ4v) is 4.15. The van der Waals surface area contributed by atoms with E-state index in [9.17, 15) is 9.59 Å². The zero-order valence-electron chi connectivity index (χ0n) is 18.8. The van der Waals surface area contributed by atoms with Crippen LogP contribution < -0.4 is 0 Å². The lowest BCUT2D eigenvalue weighted by Gasteiger charge is -2.37. The topological polar surface area (TPSA) is 52.6 Å².